The van der Waals surface area contributed by atoms with Gasteiger partial charge in [0.05, 0.1) is 18.6 Å². The number of carbonyl (C=O) groups excluding carboxylic acids is 1. The Kier molecular flexibility index (Phi) is 4.16. The van der Waals surface area contributed by atoms with Crippen molar-refractivity contribution in [3.05, 3.63) is 24.3 Å². The van der Waals surface area contributed by atoms with E-state index in [1.54, 1.807) is 10.9 Å². The summed E-state index contributed by atoms with van der Waals surface area (Å²) in [5.74, 6) is -0.494. The van der Waals surface area contributed by atoms with E-state index in [-0.39, 0.29) is 11.9 Å². The summed E-state index contributed by atoms with van der Waals surface area (Å²) < 4.78 is 14.3. The number of esters is 1. The number of hydrogen-bond donors (Lipinski definition) is 0. The SMILES string of the molecule is CC(C)(C)OC(=O)c1cn(-c2cnn(C3CCCCO3)c2)nn1. The monoisotopic (exact) mass is 319 g/mol. The standard InChI is InChI=1S/C15H21N5O3/c1-15(2,3)23-14(21)12-10-19(18-17-12)11-8-16-20(9-11)13-6-4-5-7-22-13/h8-10,13H,4-7H2,1-3H3. The molecule has 8 nitrogen and oxygen atoms in total. The minimum atomic E-state index is -0.565. The van der Waals surface area contributed by atoms with Crippen LogP contribution in [-0.2, 0) is 9.47 Å². The zero-order valence-corrected chi connectivity index (χ0v) is 13.6. The molecule has 0 spiro atoms. The average Bonchev–Trinajstić information content (AvgIpc) is 3.16. The van der Waals surface area contributed by atoms with E-state index in [0.29, 0.717) is 0 Å². The number of carbonyl (C=O) groups is 1. The fourth-order valence-electron chi connectivity index (χ4n) is 2.35. The number of nitrogens with zero attached hydrogens (tertiary/aromatic N) is 5. The molecule has 0 amide bonds. The Bertz CT molecular complexity index is 679. The Labute approximate surface area is 134 Å². The molecule has 2 aromatic rings. The molecular formula is C15H21N5O3. The van der Waals surface area contributed by atoms with Crippen molar-refractivity contribution < 1.29 is 14.3 Å². The van der Waals surface area contributed by atoms with Crippen LogP contribution in [0.5, 0.6) is 0 Å². The van der Waals surface area contributed by atoms with Crippen LogP contribution in [0.4, 0.5) is 0 Å². The van der Waals surface area contributed by atoms with Gasteiger partial charge >= 0.3 is 5.97 Å². The van der Waals surface area contributed by atoms with Crippen molar-refractivity contribution in [2.24, 2.45) is 0 Å². The number of hydrogen-bond acceptors (Lipinski definition) is 6. The van der Waals surface area contributed by atoms with E-state index in [4.69, 9.17) is 9.47 Å². The molecule has 2 aromatic heterocycles. The molecule has 124 valence electrons. The minimum Gasteiger partial charge on any atom is -0.455 e. The van der Waals surface area contributed by atoms with Crippen LogP contribution < -0.4 is 0 Å². The van der Waals surface area contributed by atoms with Gasteiger partial charge in [-0.3, -0.25) is 0 Å². The zero-order chi connectivity index (χ0) is 16.4. The van der Waals surface area contributed by atoms with Crippen LogP contribution in [0, 0.1) is 0 Å². The Hall–Kier alpha value is -2.22. The summed E-state index contributed by atoms with van der Waals surface area (Å²) in [4.78, 5) is 12.0. The van der Waals surface area contributed by atoms with Crippen molar-refractivity contribution in [2.45, 2.75) is 51.9 Å². The van der Waals surface area contributed by atoms with Crippen LogP contribution >= 0.6 is 0 Å². The van der Waals surface area contributed by atoms with Crippen molar-refractivity contribution in [3.63, 3.8) is 0 Å². The van der Waals surface area contributed by atoms with Gasteiger partial charge in [-0.05, 0) is 40.0 Å². The second-order valence-electron chi connectivity index (χ2n) is 6.55. The molecule has 8 heteroatoms. The van der Waals surface area contributed by atoms with Crippen LogP contribution in [-0.4, -0.2) is 43.0 Å². The number of rotatable bonds is 3. The summed E-state index contributed by atoms with van der Waals surface area (Å²) in [6.45, 7) is 6.18. The molecular weight excluding hydrogens is 298 g/mol. The van der Waals surface area contributed by atoms with Crippen molar-refractivity contribution in [2.75, 3.05) is 6.61 Å². The third-order valence-corrected chi connectivity index (χ3v) is 3.40. The van der Waals surface area contributed by atoms with E-state index < -0.39 is 11.6 Å². The molecule has 0 aliphatic carbocycles. The molecule has 1 atom stereocenters. The highest BCUT2D eigenvalue weighted by Gasteiger charge is 2.21. The lowest BCUT2D eigenvalue weighted by molar-refractivity contribution is -0.0394. The summed E-state index contributed by atoms with van der Waals surface area (Å²) in [7, 11) is 0. The Morgan fingerprint density at radius 1 is 1.35 bits per heavy atom. The van der Waals surface area contributed by atoms with Gasteiger partial charge in [-0.25, -0.2) is 14.2 Å². The molecule has 3 rings (SSSR count). The average molecular weight is 319 g/mol. The van der Waals surface area contributed by atoms with Gasteiger partial charge in [-0.2, -0.15) is 5.10 Å². The summed E-state index contributed by atoms with van der Waals surface area (Å²) >= 11 is 0. The van der Waals surface area contributed by atoms with E-state index in [9.17, 15) is 4.79 Å². The molecule has 1 saturated heterocycles. The van der Waals surface area contributed by atoms with Gasteiger partial charge in [0.1, 0.15) is 17.5 Å². The first kappa shape index (κ1) is 15.7. The highest BCUT2D eigenvalue weighted by Crippen LogP contribution is 2.22. The molecule has 3 heterocycles. The van der Waals surface area contributed by atoms with E-state index in [2.05, 4.69) is 15.4 Å². The van der Waals surface area contributed by atoms with Gasteiger partial charge in [0.15, 0.2) is 5.69 Å². The number of aromatic nitrogens is 5. The minimum absolute atomic E-state index is 0.0358. The maximum atomic E-state index is 12.0. The Morgan fingerprint density at radius 2 is 2.17 bits per heavy atom. The largest absolute Gasteiger partial charge is 0.455 e. The fourth-order valence-corrected chi connectivity index (χ4v) is 2.35. The Balaban J connectivity index is 1.73. The maximum absolute atomic E-state index is 12.0. The molecule has 0 aromatic carbocycles. The lowest BCUT2D eigenvalue weighted by Crippen LogP contribution is -2.24. The zero-order valence-electron chi connectivity index (χ0n) is 13.6. The summed E-state index contributed by atoms with van der Waals surface area (Å²) in [6.07, 6.45) is 8.18. The van der Waals surface area contributed by atoms with Crippen LogP contribution in [0.15, 0.2) is 18.6 Å². The first-order valence-electron chi connectivity index (χ1n) is 7.74. The summed E-state index contributed by atoms with van der Waals surface area (Å²) in [6, 6.07) is 0. The van der Waals surface area contributed by atoms with Crippen molar-refractivity contribution in [3.8, 4) is 5.69 Å². The highest BCUT2D eigenvalue weighted by atomic mass is 16.6. The van der Waals surface area contributed by atoms with E-state index in [0.717, 1.165) is 31.6 Å². The number of ether oxygens (including phenoxy) is 2. The van der Waals surface area contributed by atoms with Gasteiger partial charge in [0.2, 0.25) is 0 Å². The van der Waals surface area contributed by atoms with E-state index in [1.165, 1.54) is 10.9 Å². The second-order valence-corrected chi connectivity index (χ2v) is 6.55. The predicted octanol–water partition coefficient (Wildman–Crippen LogP) is 2.12. The quantitative estimate of drug-likeness (QED) is 0.806. The molecule has 1 aliphatic heterocycles. The summed E-state index contributed by atoms with van der Waals surface area (Å²) in [5.41, 5.74) is 0.326. The first-order chi connectivity index (χ1) is 10.9. The van der Waals surface area contributed by atoms with Gasteiger partial charge in [0.25, 0.3) is 0 Å². The molecule has 0 N–H and O–H groups in total. The lowest BCUT2D eigenvalue weighted by atomic mass is 10.2. The molecule has 1 aliphatic rings. The third-order valence-electron chi connectivity index (χ3n) is 3.40. The van der Waals surface area contributed by atoms with Gasteiger partial charge in [-0.1, -0.05) is 5.21 Å². The molecule has 1 unspecified atom stereocenters. The van der Waals surface area contributed by atoms with Gasteiger partial charge in [0, 0.05) is 6.61 Å². The molecule has 0 saturated carbocycles. The van der Waals surface area contributed by atoms with Crippen LogP contribution in [0.2, 0.25) is 0 Å². The van der Waals surface area contributed by atoms with Gasteiger partial charge in [-0.15, -0.1) is 5.10 Å². The van der Waals surface area contributed by atoms with E-state index in [1.807, 2.05) is 27.0 Å². The molecule has 0 bridgehead atoms. The molecule has 23 heavy (non-hydrogen) atoms. The first-order valence-corrected chi connectivity index (χ1v) is 7.74. The van der Waals surface area contributed by atoms with Crippen molar-refractivity contribution >= 4 is 5.97 Å². The topological polar surface area (TPSA) is 84.1 Å². The van der Waals surface area contributed by atoms with Crippen LogP contribution in [0.3, 0.4) is 0 Å². The van der Waals surface area contributed by atoms with Gasteiger partial charge < -0.3 is 9.47 Å². The van der Waals surface area contributed by atoms with E-state index >= 15 is 0 Å². The lowest BCUT2D eigenvalue weighted by Gasteiger charge is -2.22. The van der Waals surface area contributed by atoms with Crippen LogP contribution in [0.25, 0.3) is 5.69 Å². The third kappa shape index (κ3) is 3.76. The smallest absolute Gasteiger partial charge is 0.361 e. The predicted molar refractivity (Wildman–Crippen MR) is 81.2 cm³/mol. The van der Waals surface area contributed by atoms with Crippen molar-refractivity contribution in [1.29, 1.82) is 0 Å². The maximum Gasteiger partial charge on any atom is 0.361 e. The molecule has 1 fully saturated rings. The second kappa shape index (κ2) is 6.11. The fraction of sp³-hybridized carbons (Fsp3) is 0.600. The summed E-state index contributed by atoms with van der Waals surface area (Å²) in [5, 5.41) is 12.2. The van der Waals surface area contributed by atoms with Crippen molar-refractivity contribution in [1.82, 2.24) is 24.8 Å². The Morgan fingerprint density at radius 3 is 2.87 bits per heavy atom. The molecule has 0 radical (unpaired) electrons. The van der Waals surface area contributed by atoms with Crippen LogP contribution in [0.1, 0.15) is 56.8 Å². The normalized spacial score (nSPS) is 18.8. The highest BCUT2D eigenvalue weighted by molar-refractivity contribution is 5.87.